The molecule has 2 heterocycles. The van der Waals surface area contributed by atoms with Crippen molar-refractivity contribution < 1.29 is 9.21 Å². The normalized spacial score (nSPS) is 15.7. The molecule has 22 heavy (non-hydrogen) atoms. The lowest BCUT2D eigenvalue weighted by atomic mass is 10.2. The Bertz CT molecular complexity index is 575. The standard InChI is InChI=1S/C17H21N3O2/c21-17(16-7-4-14-22-16)18-8-9-19-10-12-20(13-11-19)15-5-2-1-3-6-15/h1-7,14H,8-13H2,(H,18,21). The highest BCUT2D eigenvalue weighted by Crippen LogP contribution is 2.15. The van der Waals surface area contributed by atoms with E-state index < -0.39 is 0 Å². The van der Waals surface area contributed by atoms with E-state index in [0.29, 0.717) is 12.3 Å². The molecular weight excluding hydrogens is 278 g/mol. The number of amides is 1. The molecule has 5 nitrogen and oxygen atoms in total. The van der Waals surface area contributed by atoms with Gasteiger partial charge in [0, 0.05) is 45.0 Å². The van der Waals surface area contributed by atoms with E-state index in [9.17, 15) is 4.79 Å². The highest BCUT2D eigenvalue weighted by Gasteiger charge is 2.17. The Kier molecular flexibility index (Phi) is 4.75. The summed E-state index contributed by atoms with van der Waals surface area (Å²) in [6.07, 6.45) is 1.51. The van der Waals surface area contributed by atoms with Gasteiger partial charge in [-0.15, -0.1) is 0 Å². The third kappa shape index (κ3) is 3.68. The molecule has 2 aromatic rings. The molecule has 1 fully saturated rings. The van der Waals surface area contributed by atoms with Crippen LogP contribution in [-0.2, 0) is 0 Å². The van der Waals surface area contributed by atoms with Gasteiger partial charge in [0.1, 0.15) is 0 Å². The van der Waals surface area contributed by atoms with Gasteiger partial charge in [-0.3, -0.25) is 9.69 Å². The monoisotopic (exact) mass is 299 g/mol. The summed E-state index contributed by atoms with van der Waals surface area (Å²) in [5, 5.41) is 2.89. The SMILES string of the molecule is O=C(NCCN1CCN(c2ccccc2)CC1)c1ccco1. The van der Waals surface area contributed by atoms with E-state index in [-0.39, 0.29) is 5.91 Å². The molecule has 3 rings (SSSR count). The molecule has 1 aromatic heterocycles. The summed E-state index contributed by atoms with van der Waals surface area (Å²) in [6.45, 7) is 5.60. The first kappa shape index (κ1) is 14.7. The number of rotatable bonds is 5. The van der Waals surface area contributed by atoms with Crippen molar-refractivity contribution in [2.45, 2.75) is 0 Å². The number of anilines is 1. The topological polar surface area (TPSA) is 48.7 Å². The molecule has 1 N–H and O–H groups in total. The fourth-order valence-corrected chi connectivity index (χ4v) is 2.69. The first-order valence-electron chi connectivity index (χ1n) is 7.67. The Labute approximate surface area is 130 Å². The van der Waals surface area contributed by atoms with Gasteiger partial charge in [-0.1, -0.05) is 18.2 Å². The van der Waals surface area contributed by atoms with Gasteiger partial charge in [-0.25, -0.2) is 0 Å². The Morgan fingerprint density at radius 2 is 1.82 bits per heavy atom. The highest BCUT2D eigenvalue weighted by molar-refractivity contribution is 5.91. The van der Waals surface area contributed by atoms with Crippen LogP contribution < -0.4 is 10.2 Å². The van der Waals surface area contributed by atoms with Gasteiger partial charge in [0.25, 0.3) is 5.91 Å². The molecule has 116 valence electrons. The van der Waals surface area contributed by atoms with Gasteiger partial charge in [-0.2, -0.15) is 0 Å². The number of benzene rings is 1. The van der Waals surface area contributed by atoms with Crippen molar-refractivity contribution in [3.63, 3.8) is 0 Å². The molecule has 0 spiro atoms. The molecule has 0 saturated carbocycles. The number of piperazine rings is 1. The molecule has 0 bridgehead atoms. The second-order valence-corrected chi connectivity index (χ2v) is 5.40. The number of carbonyl (C=O) groups is 1. The van der Waals surface area contributed by atoms with Crippen LogP contribution in [-0.4, -0.2) is 50.1 Å². The van der Waals surface area contributed by atoms with Gasteiger partial charge < -0.3 is 14.6 Å². The van der Waals surface area contributed by atoms with E-state index in [1.165, 1.54) is 12.0 Å². The number of carbonyl (C=O) groups excluding carboxylic acids is 1. The quantitative estimate of drug-likeness (QED) is 0.915. The van der Waals surface area contributed by atoms with E-state index in [0.717, 1.165) is 32.7 Å². The van der Waals surface area contributed by atoms with Crippen molar-refractivity contribution in [1.82, 2.24) is 10.2 Å². The van der Waals surface area contributed by atoms with E-state index >= 15 is 0 Å². The van der Waals surface area contributed by atoms with Crippen LogP contribution in [0.3, 0.4) is 0 Å². The molecule has 0 atom stereocenters. The summed E-state index contributed by atoms with van der Waals surface area (Å²) in [4.78, 5) is 16.5. The maximum atomic E-state index is 11.8. The largest absolute Gasteiger partial charge is 0.459 e. The molecule has 0 unspecified atom stereocenters. The predicted octanol–water partition coefficient (Wildman–Crippen LogP) is 1.83. The zero-order valence-corrected chi connectivity index (χ0v) is 12.6. The van der Waals surface area contributed by atoms with Crippen molar-refractivity contribution in [3.8, 4) is 0 Å². The minimum atomic E-state index is -0.145. The van der Waals surface area contributed by atoms with Crippen molar-refractivity contribution in [2.75, 3.05) is 44.2 Å². The number of hydrogen-bond donors (Lipinski definition) is 1. The summed E-state index contributed by atoms with van der Waals surface area (Å²) in [7, 11) is 0. The van der Waals surface area contributed by atoms with E-state index in [4.69, 9.17) is 4.42 Å². The summed E-state index contributed by atoms with van der Waals surface area (Å²) in [6, 6.07) is 13.9. The van der Waals surface area contributed by atoms with Crippen LogP contribution in [0, 0.1) is 0 Å². The fraction of sp³-hybridized carbons (Fsp3) is 0.353. The number of hydrogen-bond acceptors (Lipinski definition) is 4. The molecule has 0 aliphatic carbocycles. The van der Waals surface area contributed by atoms with E-state index in [2.05, 4.69) is 39.4 Å². The van der Waals surface area contributed by atoms with Gasteiger partial charge in [0.05, 0.1) is 6.26 Å². The molecule has 1 saturated heterocycles. The molecule has 1 aromatic carbocycles. The van der Waals surface area contributed by atoms with Crippen molar-refractivity contribution >= 4 is 11.6 Å². The molecular formula is C17H21N3O2. The highest BCUT2D eigenvalue weighted by atomic mass is 16.3. The second kappa shape index (κ2) is 7.13. The lowest BCUT2D eigenvalue weighted by Gasteiger charge is -2.36. The fourth-order valence-electron chi connectivity index (χ4n) is 2.69. The van der Waals surface area contributed by atoms with Crippen LogP contribution in [0.25, 0.3) is 0 Å². The lowest BCUT2D eigenvalue weighted by molar-refractivity contribution is 0.0920. The maximum absolute atomic E-state index is 11.8. The third-order valence-electron chi connectivity index (χ3n) is 3.95. The van der Waals surface area contributed by atoms with Crippen molar-refractivity contribution in [1.29, 1.82) is 0 Å². The molecule has 1 amide bonds. The number of para-hydroxylation sites is 1. The van der Waals surface area contributed by atoms with Crippen LogP contribution in [0.15, 0.2) is 53.1 Å². The van der Waals surface area contributed by atoms with Crippen LogP contribution in [0.1, 0.15) is 10.6 Å². The maximum Gasteiger partial charge on any atom is 0.287 e. The van der Waals surface area contributed by atoms with Crippen LogP contribution in [0.5, 0.6) is 0 Å². The van der Waals surface area contributed by atoms with Crippen LogP contribution in [0.4, 0.5) is 5.69 Å². The molecule has 1 aliphatic rings. The zero-order valence-electron chi connectivity index (χ0n) is 12.6. The van der Waals surface area contributed by atoms with E-state index in [1.54, 1.807) is 12.1 Å². The molecule has 0 radical (unpaired) electrons. The smallest absolute Gasteiger partial charge is 0.287 e. The predicted molar refractivity (Wildman–Crippen MR) is 86.1 cm³/mol. The van der Waals surface area contributed by atoms with Gasteiger partial charge in [0.2, 0.25) is 0 Å². The Morgan fingerprint density at radius 1 is 1.05 bits per heavy atom. The van der Waals surface area contributed by atoms with Gasteiger partial charge >= 0.3 is 0 Å². The molecule has 1 aliphatic heterocycles. The minimum absolute atomic E-state index is 0.145. The Morgan fingerprint density at radius 3 is 2.50 bits per heavy atom. The van der Waals surface area contributed by atoms with Crippen LogP contribution >= 0.6 is 0 Å². The van der Waals surface area contributed by atoms with Crippen LogP contribution in [0.2, 0.25) is 0 Å². The minimum Gasteiger partial charge on any atom is -0.459 e. The molecule has 5 heteroatoms. The number of nitrogens with one attached hydrogen (secondary N) is 1. The van der Waals surface area contributed by atoms with E-state index in [1.807, 2.05) is 6.07 Å². The number of nitrogens with zero attached hydrogens (tertiary/aromatic N) is 2. The zero-order chi connectivity index (χ0) is 15.2. The average Bonchev–Trinajstić information content (AvgIpc) is 3.11. The first-order chi connectivity index (χ1) is 10.8. The third-order valence-corrected chi connectivity index (χ3v) is 3.95. The second-order valence-electron chi connectivity index (χ2n) is 5.40. The first-order valence-corrected chi connectivity index (χ1v) is 7.67. The Balaban J connectivity index is 1.38. The van der Waals surface area contributed by atoms with Crippen molar-refractivity contribution in [3.05, 3.63) is 54.5 Å². The summed E-state index contributed by atoms with van der Waals surface area (Å²) < 4.78 is 5.07. The van der Waals surface area contributed by atoms with Crippen molar-refractivity contribution in [2.24, 2.45) is 0 Å². The number of furan rings is 1. The summed E-state index contributed by atoms with van der Waals surface area (Å²) in [5.41, 5.74) is 1.29. The summed E-state index contributed by atoms with van der Waals surface area (Å²) in [5.74, 6) is 0.224. The lowest BCUT2D eigenvalue weighted by Crippen LogP contribution is -2.48. The van der Waals surface area contributed by atoms with Gasteiger partial charge in [-0.05, 0) is 24.3 Å². The average molecular weight is 299 g/mol. The van der Waals surface area contributed by atoms with Gasteiger partial charge in [0.15, 0.2) is 5.76 Å². The summed E-state index contributed by atoms with van der Waals surface area (Å²) >= 11 is 0. The Hall–Kier alpha value is -2.27.